The summed E-state index contributed by atoms with van der Waals surface area (Å²) in [6, 6.07) is 11.2. The number of nitrogens with one attached hydrogen (secondary N) is 1. The second-order valence-electron chi connectivity index (χ2n) is 10.7. The molecule has 5 rings (SSSR count). The van der Waals surface area contributed by atoms with E-state index in [4.69, 9.17) is 9.47 Å². The third-order valence-electron chi connectivity index (χ3n) is 7.88. The van der Waals surface area contributed by atoms with Gasteiger partial charge in [0.1, 0.15) is 18.2 Å². The van der Waals surface area contributed by atoms with Crippen molar-refractivity contribution in [2.24, 2.45) is 0 Å². The van der Waals surface area contributed by atoms with Crippen LogP contribution in [0.3, 0.4) is 0 Å². The number of para-hydroxylation sites is 2. The number of aryl methyl sites for hydroxylation is 2. The Morgan fingerprint density at radius 1 is 1.05 bits per heavy atom. The number of carbonyl (C=O) groups excluding carboxylic acids is 1. The first-order valence-electron chi connectivity index (χ1n) is 13.9. The van der Waals surface area contributed by atoms with Crippen LogP contribution in [-0.4, -0.2) is 97.5 Å². The largest absolute Gasteiger partial charge is 0.497 e. The SMILES string of the molecule is COc1cc(C)c(S(=O)(=O)N2CCCCC2COCC(=O)N2CCN(Cc3nc4ccccc4[nH]3)CC2)c(C)c1. The van der Waals surface area contributed by atoms with E-state index in [1.165, 1.54) is 0 Å². The van der Waals surface area contributed by atoms with Crippen LogP contribution in [-0.2, 0) is 26.1 Å². The highest BCUT2D eigenvalue weighted by atomic mass is 32.2. The van der Waals surface area contributed by atoms with Gasteiger partial charge in [0.25, 0.3) is 0 Å². The molecule has 2 fully saturated rings. The fourth-order valence-electron chi connectivity index (χ4n) is 5.83. The Bertz CT molecular complexity index is 1390. The predicted octanol–water partition coefficient (Wildman–Crippen LogP) is 3.09. The smallest absolute Gasteiger partial charge is 0.248 e. The Kier molecular flexibility index (Phi) is 8.74. The molecule has 2 aliphatic heterocycles. The average Bonchev–Trinajstić information content (AvgIpc) is 3.35. The molecule has 1 unspecified atom stereocenters. The van der Waals surface area contributed by atoms with Gasteiger partial charge < -0.3 is 19.4 Å². The lowest BCUT2D eigenvalue weighted by Gasteiger charge is -2.36. The van der Waals surface area contributed by atoms with Gasteiger partial charge in [-0.3, -0.25) is 9.69 Å². The number of H-pyrrole nitrogens is 1. The summed E-state index contributed by atoms with van der Waals surface area (Å²) >= 11 is 0. The van der Waals surface area contributed by atoms with E-state index in [0.717, 1.165) is 42.8 Å². The molecule has 3 heterocycles. The lowest BCUT2D eigenvalue weighted by Crippen LogP contribution is -2.50. The maximum absolute atomic E-state index is 13.7. The van der Waals surface area contributed by atoms with E-state index in [-0.39, 0.29) is 25.2 Å². The van der Waals surface area contributed by atoms with Gasteiger partial charge in [-0.15, -0.1) is 0 Å². The molecular weight excluding hydrogens is 530 g/mol. The number of nitrogens with zero attached hydrogens (tertiary/aromatic N) is 4. The van der Waals surface area contributed by atoms with E-state index in [0.29, 0.717) is 54.4 Å². The summed E-state index contributed by atoms with van der Waals surface area (Å²) in [5, 5.41) is 0. The molecule has 2 aromatic carbocycles. The van der Waals surface area contributed by atoms with Gasteiger partial charge >= 0.3 is 0 Å². The summed E-state index contributed by atoms with van der Waals surface area (Å²) in [5.74, 6) is 1.51. The topological polar surface area (TPSA) is 108 Å². The summed E-state index contributed by atoms with van der Waals surface area (Å²) in [6.45, 7) is 7.69. The van der Waals surface area contributed by atoms with Crippen molar-refractivity contribution in [3.8, 4) is 5.75 Å². The number of piperazine rings is 1. The summed E-state index contributed by atoms with van der Waals surface area (Å²) < 4.78 is 40.2. The molecule has 0 aliphatic carbocycles. The van der Waals surface area contributed by atoms with Crippen LogP contribution in [0.2, 0.25) is 0 Å². The summed E-state index contributed by atoms with van der Waals surface area (Å²) in [4.78, 5) is 25.4. The number of aromatic nitrogens is 2. The number of imidazole rings is 1. The van der Waals surface area contributed by atoms with Gasteiger partial charge in [-0.05, 0) is 62.1 Å². The zero-order chi connectivity index (χ0) is 28.3. The van der Waals surface area contributed by atoms with E-state index in [1.807, 2.05) is 29.2 Å². The number of fused-ring (bicyclic) bond motifs is 1. The van der Waals surface area contributed by atoms with Crippen molar-refractivity contribution in [2.45, 2.75) is 50.6 Å². The highest BCUT2D eigenvalue weighted by Gasteiger charge is 2.36. The Morgan fingerprint density at radius 2 is 1.77 bits per heavy atom. The van der Waals surface area contributed by atoms with E-state index in [9.17, 15) is 13.2 Å². The van der Waals surface area contributed by atoms with Crippen molar-refractivity contribution < 1.29 is 22.7 Å². The molecule has 11 heteroatoms. The molecule has 216 valence electrons. The van der Waals surface area contributed by atoms with Gasteiger partial charge in [0.2, 0.25) is 15.9 Å². The maximum atomic E-state index is 13.7. The first kappa shape index (κ1) is 28.5. The normalized spacial score (nSPS) is 19.3. The standard InChI is InChI=1S/C29H39N5O5S/c1-21-16-24(38-3)17-22(2)29(21)40(36,37)34-11-7-6-8-23(34)19-39-20-28(35)33-14-12-32(13-15-33)18-27-30-25-9-4-5-10-26(25)31-27/h4-5,9-10,16-17,23H,6-8,11-15,18-20H2,1-3H3,(H,30,31). The second-order valence-corrected chi connectivity index (χ2v) is 12.6. The van der Waals surface area contributed by atoms with Gasteiger partial charge in [-0.2, -0.15) is 4.31 Å². The summed E-state index contributed by atoms with van der Waals surface area (Å²) in [6.07, 6.45) is 2.45. The quantitative estimate of drug-likeness (QED) is 0.422. The number of piperidine rings is 1. The Morgan fingerprint density at radius 3 is 2.48 bits per heavy atom. The maximum Gasteiger partial charge on any atom is 0.248 e. The van der Waals surface area contributed by atoms with E-state index < -0.39 is 10.0 Å². The highest BCUT2D eigenvalue weighted by Crippen LogP contribution is 2.32. The lowest BCUT2D eigenvalue weighted by molar-refractivity contribution is -0.138. The number of hydrogen-bond donors (Lipinski definition) is 1. The van der Waals surface area contributed by atoms with Crippen LogP contribution in [0.25, 0.3) is 11.0 Å². The van der Waals surface area contributed by atoms with Crippen LogP contribution < -0.4 is 4.74 Å². The van der Waals surface area contributed by atoms with Gasteiger partial charge in [-0.1, -0.05) is 18.6 Å². The number of sulfonamides is 1. The molecule has 0 radical (unpaired) electrons. The predicted molar refractivity (Wildman–Crippen MR) is 153 cm³/mol. The lowest BCUT2D eigenvalue weighted by atomic mass is 10.1. The molecule has 2 aliphatic rings. The number of hydrogen-bond acceptors (Lipinski definition) is 7. The third kappa shape index (κ3) is 6.17. The minimum absolute atomic E-state index is 0.0471. The van der Waals surface area contributed by atoms with Crippen LogP contribution in [0.15, 0.2) is 41.3 Å². The second kappa shape index (κ2) is 12.3. The van der Waals surface area contributed by atoms with E-state index >= 15 is 0 Å². The zero-order valence-corrected chi connectivity index (χ0v) is 24.4. The molecular formula is C29H39N5O5S. The summed E-state index contributed by atoms with van der Waals surface area (Å²) in [7, 11) is -2.15. The first-order chi connectivity index (χ1) is 19.3. The van der Waals surface area contributed by atoms with Crippen LogP contribution in [0, 0.1) is 13.8 Å². The van der Waals surface area contributed by atoms with Gasteiger partial charge in [0.15, 0.2) is 0 Å². The van der Waals surface area contributed by atoms with Crippen molar-refractivity contribution in [2.75, 3.05) is 53.0 Å². The van der Waals surface area contributed by atoms with Crippen LogP contribution in [0.4, 0.5) is 0 Å². The Balaban J connectivity index is 1.13. The van der Waals surface area contributed by atoms with Crippen molar-refractivity contribution in [1.29, 1.82) is 0 Å². The van der Waals surface area contributed by atoms with Crippen LogP contribution >= 0.6 is 0 Å². The molecule has 0 saturated carbocycles. The molecule has 2 saturated heterocycles. The number of methoxy groups -OCH3 is 1. The van der Waals surface area contributed by atoms with Crippen molar-refractivity contribution >= 4 is 27.0 Å². The minimum Gasteiger partial charge on any atom is -0.497 e. The number of aromatic amines is 1. The van der Waals surface area contributed by atoms with Crippen LogP contribution in [0.1, 0.15) is 36.2 Å². The average molecular weight is 570 g/mol. The zero-order valence-electron chi connectivity index (χ0n) is 23.6. The van der Waals surface area contributed by atoms with Gasteiger partial charge in [0.05, 0.1) is 36.2 Å². The molecule has 10 nitrogen and oxygen atoms in total. The molecule has 40 heavy (non-hydrogen) atoms. The van der Waals surface area contributed by atoms with Crippen molar-refractivity contribution in [3.05, 3.63) is 53.3 Å². The number of ether oxygens (including phenoxy) is 2. The van der Waals surface area contributed by atoms with Gasteiger partial charge in [0, 0.05) is 38.8 Å². The summed E-state index contributed by atoms with van der Waals surface area (Å²) in [5.41, 5.74) is 3.32. The molecule has 0 spiro atoms. The first-order valence-corrected chi connectivity index (χ1v) is 15.4. The fraction of sp³-hybridized carbons (Fsp3) is 0.517. The van der Waals surface area contributed by atoms with Crippen molar-refractivity contribution in [1.82, 2.24) is 24.1 Å². The van der Waals surface area contributed by atoms with Gasteiger partial charge in [-0.25, -0.2) is 13.4 Å². The molecule has 0 bridgehead atoms. The third-order valence-corrected chi connectivity index (χ3v) is 10.1. The Hall–Kier alpha value is -2.99. The van der Waals surface area contributed by atoms with E-state index in [1.54, 1.807) is 37.4 Å². The molecule has 1 N–H and O–H groups in total. The molecule has 1 atom stereocenters. The number of rotatable bonds is 9. The number of benzene rings is 2. The number of amides is 1. The molecule has 3 aromatic rings. The fourth-order valence-corrected chi connectivity index (χ4v) is 7.93. The molecule has 1 amide bonds. The number of carbonyl (C=O) groups is 1. The Labute approximate surface area is 236 Å². The monoisotopic (exact) mass is 569 g/mol. The minimum atomic E-state index is -3.72. The highest BCUT2D eigenvalue weighted by molar-refractivity contribution is 7.89. The van der Waals surface area contributed by atoms with E-state index in [2.05, 4.69) is 14.9 Å². The molecule has 1 aromatic heterocycles. The van der Waals surface area contributed by atoms with Crippen molar-refractivity contribution in [3.63, 3.8) is 0 Å². The van der Waals surface area contributed by atoms with Crippen LogP contribution in [0.5, 0.6) is 5.75 Å².